The Kier molecular flexibility index (Phi) is 8.94. The standard InChI is InChI=1S/C31H30ClNO4/c1-21(2)16-17-36-30(20-37-29-9-4-3-8-27(29)31(34)35)24-7-5-6-22(18-24)10-14-26-15-12-23-11-13-25(32)19-28(23)33-26/h3-15,18-19,21,30H,16-17,20H2,1-2H3,(H,34,35)/b14-10+. The summed E-state index contributed by atoms with van der Waals surface area (Å²) in [6.45, 7) is 5.08. The van der Waals surface area contributed by atoms with Gasteiger partial charge in [-0.25, -0.2) is 9.78 Å². The average molecular weight is 516 g/mol. The third-order valence-corrected chi connectivity index (χ3v) is 6.16. The largest absolute Gasteiger partial charge is 0.490 e. The lowest BCUT2D eigenvalue weighted by Gasteiger charge is -2.21. The van der Waals surface area contributed by atoms with Crippen molar-refractivity contribution in [2.24, 2.45) is 5.92 Å². The molecule has 5 nitrogen and oxygen atoms in total. The Morgan fingerprint density at radius 3 is 2.62 bits per heavy atom. The Labute approximate surface area is 222 Å². The quantitative estimate of drug-likeness (QED) is 0.219. The fraction of sp³-hybridized carbons (Fsp3) is 0.226. The number of carbonyl (C=O) groups is 1. The van der Waals surface area contributed by atoms with Crippen molar-refractivity contribution < 1.29 is 19.4 Å². The predicted octanol–water partition coefficient (Wildman–Crippen LogP) is 7.94. The number of ether oxygens (including phenoxy) is 2. The van der Waals surface area contributed by atoms with Crippen molar-refractivity contribution in [3.8, 4) is 5.75 Å². The predicted molar refractivity (Wildman–Crippen MR) is 149 cm³/mol. The highest BCUT2D eigenvalue weighted by molar-refractivity contribution is 6.31. The third kappa shape index (κ3) is 7.42. The molecule has 0 bridgehead atoms. The lowest BCUT2D eigenvalue weighted by molar-refractivity contribution is 0.0135. The Balaban J connectivity index is 1.53. The van der Waals surface area contributed by atoms with Gasteiger partial charge >= 0.3 is 5.97 Å². The molecular weight excluding hydrogens is 486 g/mol. The van der Waals surface area contributed by atoms with Crippen molar-refractivity contribution in [3.63, 3.8) is 0 Å². The smallest absolute Gasteiger partial charge is 0.339 e. The molecule has 37 heavy (non-hydrogen) atoms. The van der Waals surface area contributed by atoms with Gasteiger partial charge in [0.25, 0.3) is 0 Å². The van der Waals surface area contributed by atoms with Gasteiger partial charge in [-0.2, -0.15) is 0 Å². The molecule has 0 saturated heterocycles. The summed E-state index contributed by atoms with van der Waals surface area (Å²) in [7, 11) is 0. The molecule has 0 fully saturated rings. The van der Waals surface area contributed by atoms with Crippen LogP contribution in [-0.2, 0) is 4.74 Å². The second-order valence-electron chi connectivity index (χ2n) is 9.23. The van der Waals surface area contributed by atoms with Crippen LogP contribution in [0.2, 0.25) is 5.02 Å². The van der Waals surface area contributed by atoms with E-state index in [1.807, 2.05) is 60.7 Å². The molecule has 0 amide bonds. The topological polar surface area (TPSA) is 68.7 Å². The fourth-order valence-corrected chi connectivity index (χ4v) is 4.03. The van der Waals surface area contributed by atoms with Gasteiger partial charge in [-0.15, -0.1) is 0 Å². The number of aromatic carboxylic acids is 1. The number of hydrogen-bond acceptors (Lipinski definition) is 4. The fourth-order valence-electron chi connectivity index (χ4n) is 3.86. The lowest BCUT2D eigenvalue weighted by Crippen LogP contribution is -2.16. The SMILES string of the molecule is CC(C)CCOC(COc1ccccc1C(=O)O)c1cccc(/C=C/c2ccc3ccc(Cl)cc3n2)c1. The number of carboxylic acid groups (broad SMARTS) is 1. The first-order valence-corrected chi connectivity index (χ1v) is 12.7. The summed E-state index contributed by atoms with van der Waals surface area (Å²) in [5.74, 6) is -0.191. The number of benzene rings is 3. The lowest BCUT2D eigenvalue weighted by atomic mass is 10.1. The third-order valence-electron chi connectivity index (χ3n) is 5.93. The summed E-state index contributed by atoms with van der Waals surface area (Å²) in [4.78, 5) is 16.3. The van der Waals surface area contributed by atoms with Crippen molar-refractivity contribution in [3.05, 3.63) is 106 Å². The van der Waals surface area contributed by atoms with Gasteiger partial charge in [0, 0.05) is 17.0 Å². The van der Waals surface area contributed by atoms with Gasteiger partial charge < -0.3 is 14.6 Å². The van der Waals surface area contributed by atoms with E-state index in [0.717, 1.165) is 34.1 Å². The first kappa shape index (κ1) is 26.4. The van der Waals surface area contributed by atoms with Crippen molar-refractivity contribution >= 4 is 40.6 Å². The molecule has 190 valence electrons. The van der Waals surface area contributed by atoms with Crippen molar-refractivity contribution in [1.29, 1.82) is 0 Å². The molecule has 0 spiro atoms. The van der Waals surface area contributed by atoms with Crippen LogP contribution in [0.4, 0.5) is 0 Å². The number of pyridine rings is 1. The van der Waals surface area contributed by atoms with Crippen molar-refractivity contribution in [2.75, 3.05) is 13.2 Å². The summed E-state index contributed by atoms with van der Waals surface area (Å²) < 4.78 is 12.2. The number of para-hydroxylation sites is 1. The monoisotopic (exact) mass is 515 g/mol. The van der Waals surface area contributed by atoms with E-state index in [4.69, 9.17) is 21.1 Å². The van der Waals surface area contributed by atoms with E-state index >= 15 is 0 Å². The Morgan fingerprint density at radius 1 is 1.00 bits per heavy atom. The van der Waals surface area contributed by atoms with Gasteiger partial charge in [-0.05, 0) is 65.9 Å². The maximum absolute atomic E-state index is 11.6. The molecule has 1 unspecified atom stereocenters. The van der Waals surface area contributed by atoms with Gasteiger partial charge in [0.2, 0.25) is 0 Å². The summed E-state index contributed by atoms with van der Waals surface area (Å²) in [5.41, 5.74) is 3.76. The molecule has 0 aliphatic heterocycles. The van der Waals surface area contributed by atoms with E-state index in [-0.39, 0.29) is 18.3 Å². The van der Waals surface area contributed by atoms with Crippen molar-refractivity contribution in [1.82, 2.24) is 4.98 Å². The zero-order valence-corrected chi connectivity index (χ0v) is 21.7. The second kappa shape index (κ2) is 12.5. The van der Waals surface area contributed by atoms with E-state index in [1.54, 1.807) is 18.2 Å². The van der Waals surface area contributed by atoms with Crippen LogP contribution < -0.4 is 4.74 Å². The van der Waals surface area contributed by atoms with Crippen molar-refractivity contribution in [2.45, 2.75) is 26.4 Å². The van der Waals surface area contributed by atoms with E-state index < -0.39 is 5.97 Å². The zero-order chi connectivity index (χ0) is 26.2. The number of fused-ring (bicyclic) bond motifs is 1. The highest BCUT2D eigenvalue weighted by atomic mass is 35.5. The molecule has 4 aromatic rings. The van der Waals surface area contributed by atoms with E-state index in [1.165, 1.54) is 6.07 Å². The van der Waals surface area contributed by atoms with Crippen LogP contribution in [0, 0.1) is 5.92 Å². The van der Waals surface area contributed by atoms with Crippen LogP contribution in [0.15, 0.2) is 78.9 Å². The summed E-state index contributed by atoms with van der Waals surface area (Å²) >= 11 is 6.12. The molecule has 6 heteroatoms. The highest BCUT2D eigenvalue weighted by Crippen LogP contribution is 2.25. The molecular formula is C31H30ClNO4. The normalized spacial score (nSPS) is 12.3. The molecule has 4 rings (SSSR count). The molecule has 0 aliphatic carbocycles. The molecule has 3 aromatic carbocycles. The van der Waals surface area contributed by atoms with Gasteiger partial charge in [-0.1, -0.05) is 74.0 Å². The minimum absolute atomic E-state index is 0.129. The molecule has 1 N–H and O–H groups in total. The minimum atomic E-state index is -1.02. The Bertz CT molecular complexity index is 1400. The number of carboxylic acids is 1. The summed E-state index contributed by atoms with van der Waals surface area (Å²) in [6, 6.07) is 24.4. The minimum Gasteiger partial charge on any atom is -0.490 e. The number of halogens is 1. The van der Waals surface area contributed by atoms with E-state index in [0.29, 0.717) is 23.3 Å². The first-order valence-electron chi connectivity index (χ1n) is 12.3. The molecule has 0 saturated carbocycles. The second-order valence-corrected chi connectivity index (χ2v) is 9.67. The van der Waals surface area contributed by atoms with Gasteiger partial charge in [0.1, 0.15) is 24.0 Å². The average Bonchev–Trinajstić information content (AvgIpc) is 2.89. The summed E-state index contributed by atoms with van der Waals surface area (Å²) in [6.07, 6.45) is 4.54. The van der Waals surface area contributed by atoms with Crippen LogP contribution in [-0.4, -0.2) is 29.3 Å². The Hall–Kier alpha value is -3.67. The number of aromatic nitrogens is 1. The van der Waals surface area contributed by atoms with Gasteiger partial charge in [0.05, 0.1) is 11.2 Å². The Morgan fingerprint density at radius 2 is 1.81 bits per heavy atom. The molecule has 1 heterocycles. The molecule has 0 radical (unpaired) electrons. The number of rotatable bonds is 11. The van der Waals surface area contributed by atoms with Crippen LogP contribution in [0.1, 0.15) is 53.6 Å². The molecule has 1 aromatic heterocycles. The van der Waals surface area contributed by atoms with E-state index in [9.17, 15) is 9.90 Å². The molecule has 0 aliphatic rings. The number of nitrogens with zero attached hydrogens (tertiary/aromatic N) is 1. The van der Waals surface area contributed by atoms with Gasteiger partial charge in [0.15, 0.2) is 0 Å². The summed E-state index contributed by atoms with van der Waals surface area (Å²) in [5, 5.41) is 11.2. The van der Waals surface area contributed by atoms with Crippen LogP contribution >= 0.6 is 11.6 Å². The highest BCUT2D eigenvalue weighted by Gasteiger charge is 2.17. The maximum Gasteiger partial charge on any atom is 0.339 e. The number of hydrogen-bond donors (Lipinski definition) is 1. The van der Waals surface area contributed by atoms with Crippen LogP contribution in [0.25, 0.3) is 23.1 Å². The zero-order valence-electron chi connectivity index (χ0n) is 20.9. The van der Waals surface area contributed by atoms with Crippen LogP contribution in [0.3, 0.4) is 0 Å². The maximum atomic E-state index is 11.6. The van der Waals surface area contributed by atoms with Gasteiger partial charge in [-0.3, -0.25) is 0 Å². The first-order chi connectivity index (χ1) is 17.9. The van der Waals surface area contributed by atoms with Crippen LogP contribution in [0.5, 0.6) is 5.75 Å². The van der Waals surface area contributed by atoms with E-state index in [2.05, 4.69) is 24.9 Å². The molecule has 1 atom stereocenters.